The predicted molar refractivity (Wildman–Crippen MR) is 37.4 cm³/mol. The predicted octanol–water partition coefficient (Wildman–Crippen LogP) is 0.385. The van der Waals surface area contributed by atoms with E-state index < -0.39 is 6.16 Å². The Labute approximate surface area is 64.7 Å². The average molecular weight is 157 g/mol. The monoisotopic (exact) mass is 157 g/mol. The van der Waals surface area contributed by atoms with Crippen LogP contribution in [0.15, 0.2) is 0 Å². The van der Waals surface area contributed by atoms with Gasteiger partial charge in [-0.25, -0.2) is 4.79 Å². The Morgan fingerprint density at radius 3 is 2.82 bits per heavy atom. The summed E-state index contributed by atoms with van der Waals surface area (Å²) in [4.78, 5) is 12.4. The maximum absolute atomic E-state index is 10.2. The van der Waals surface area contributed by atoms with E-state index in [0.717, 1.165) is 26.1 Å². The molecule has 62 valence electrons. The van der Waals surface area contributed by atoms with E-state index in [0.29, 0.717) is 5.92 Å². The molecule has 0 aliphatic carbocycles. The fourth-order valence-electron chi connectivity index (χ4n) is 2.00. The van der Waals surface area contributed by atoms with Crippen LogP contribution in [0.25, 0.3) is 0 Å². The van der Waals surface area contributed by atoms with Gasteiger partial charge >= 0.3 is 6.16 Å². The number of carboxylic acid groups (broad SMARTS) is 1. The second-order valence-corrected chi connectivity index (χ2v) is 3.23. The maximum atomic E-state index is 10.2. The van der Waals surface area contributed by atoms with Crippen molar-refractivity contribution < 1.29 is 14.6 Å². The van der Waals surface area contributed by atoms with E-state index >= 15 is 0 Å². The van der Waals surface area contributed by atoms with Crippen molar-refractivity contribution in [3.05, 3.63) is 0 Å². The van der Waals surface area contributed by atoms with Gasteiger partial charge in [0.05, 0.1) is 0 Å². The molecule has 2 rings (SSSR count). The molecule has 0 amide bonds. The van der Waals surface area contributed by atoms with Crippen LogP contribution in [0.5, 0.6) is 0 Å². The van der Waals surface area contributed by atoms with Crippen molar-refractivity contribution in [1.29, 1.82) is 0 Å². The third kappa shape index (κ3) is 1.18. The van der Waals surface area contributed by atoms with Crippen LogP contribution in [0.3, 0.4) is 0 Å². The smallest absolute Gasteiger partial charge is 0.450 e. The molecule has 0 aromatic heterocycles. The van der Waals surface area contributed by atoms with E-state index in [1.165, 1.54) is 0 Å². The molecule has 2 saturated heterocycles. The molecule has 1 N–H and O–H groups in total. The van der Waals surface area contributed by atoms with E-state index in [1.807, 2.05) is 0 Å². The Morgan fingerprint density at radius 2 is 2.36 bits per heavy atom. The van der Waals surface area contributed by atoms with E-state index in [4.69, 9.17) is 9.84 Å². The third-order valence-corrected chi connectivity index (χ3v) is 2.52. The van der Waals surface area contributed by atoms with Gasteiger partial charge in [-0.2, -0.15) is 0 Å². The van der Waals surface area contributed by atoms with Crippen LogP contribution >= 0.6 is 0 Å². The zero-order chi connectivity index (χ0) is 7.84. The summed E-state index contributed by atoms with van der Waals surface area (Å²) in [5.74, 6) is 0.464. The molecule has 11 heavy (non-hydrogen) atoms. The zero-order valence-corrected chi connectivity index (χ0v) is 6.19. The highest BCUT2D eigenvalue weighted by atomic mass is 16.7. The molecule has 0 spiro atoms. The van der Waals surface area contributed by atoms with Gasteiger partial charge in [-0.15, -0.1) is 0 Å². The van der Waals surface area contributed by atoms with Gasteiger partial charge in [0, 0.05) is 19.0 Å². The lowest BCUT2D eigenvalue weighted by Gasteiger charge is -2.20. The standard InChI is InChI=1S/C7H11NO3/c9-7(10)11-6-4-8-2-1-5(6)3-8/h5-6H,1-4H2,(H,9,10). The SMILES string of the molecule is O=C(O)OC1CN2CCC1C2. The third-order valence-electron chi connectivity index (χ3n) is 2.52. The normalized spacial score (nSPS) is 40.9. The van der Waals surface area contributed by atoms with Crippen LogP contribution in [-0.2, 0) is 4.74 Å². The van der Waals surface area contributed by atoms with Gasteiger partial charge in [0.1, 0.15) is 6.10 Å². The topological polar surface area (TPSA) is 49.8 Å². The molecule has 2 fully saturated rings. The number of hydrogen-bond acceptors (Lipinski definition) is 3. The number of nitrogens with zero attached hydrogens (tertiary/aromatic N) is 1. The molecule has 0 aromatic rings. The van der Waals surface area contributed by atoms with Gasteiger partial charge in [0.2, 0.25) is 0 Å². The minimum absolute atomic E-state index is 0.0544. The van der Waals surface area contributed by atoms with Crippen LogP contribution in [0.1, 0.15) is 6.42 Å². The largest absolute Gasteiger partial charge is 0.506 e. The number of piperidine rings is 1. The van der Waals surface area contributed by atoms with E-state index in [-0.39, 0.29) is 6.10 Å². The van der Waals surface area contributed by atoms with Crippen molar-refractivity contribution in [3.63, 3.8) is 0 Å². The minimum Gasteiger partial charge on any atom is -0.450 e. The van der Waals surface area contributed by atoms with Crippen LogP contribution < -0.4 is 0 Å². The molecule has 4 nitrogen and oxygen atoms in total. The molecular formula is C7H11NO3. The Hall–Kier alpha value is -0.770. The lowest BCUT2D eigenvalue weighted by Crippen LogP contribution is -2.31. The van der Waals surface area contributed by atoms with Crippen molar-refractivity contribution in [2.24, 2.45) is 5.92 Å². The van der Waals surface area contributed by atoms with Gasteiger partial charge in [0.25, 0.3) is 0 Å². The van der Waals surface area contributed by atoms with E-state index in [9.17, 15) is 4.79 Å². The van der Waals surface area contributed by atoms with Crippen molar-refractivity contribution in [2.45, 2.75) is 12.5 Å². The molecule has 3 unspecified atom stereocenters. The molecule has 2 aliphatic rings. The fourth-order valence-corrected chi connectivity index (χ4v) is 2.00. The summed E-state index contributed by atoms with van der Waals surface area (Å²) in [5, 5.41) is 8.36. The van der Waals surface area contributed by atoms with Gasteiger partial charge in [-0.3, -0.25) is 4.90 Å². The second-order valence-electron chi connectivity index (χ2n) is 3.23. The first-order chi connectivity index (χ1) is 5.25. The summed E-state index contributed by atoms with van der Waals surface area (Å²) in [6, 6.07) is 0. The lowest BCUT2D eigenvalue weighted by atomic mass is 10.0. The molecule has 2 bridgehead atoms. The Balaban J connectivity index is 1.92. The summed E-state index contributed by atoms with van der Waals surface area (Å²) < 4.78 is 4.72. The second kappa shape index (κ2) is 2.37. The van der Waals surface area contributed by atoms with Crippen molar-refractivity contribution in [3.8, 4) is 0 Å². The Morgan fingerprint density at radius 1 is 1.55 bits per heavy atom. The summed E-state index contributed by atoms with van der Waals surface area (Å²) in [6.45, 7) is 2.94. The molecular weight excluding hydrogens is 146 g/mol. The maximum Gasteiger partial charge on any atom is 0.506 e. The van der Waals surface area contributed by atoms with Gasteiger partial charge < -0.3 is 9.84 Å². The lowest BCUT2D eigenvalue weighted by molar-refractivity contribution is 0.0311. The van der Waals surface area contributed by atoms with Gasteiger partial charge in [-0.05, 0) is 13.0 Å². The molecule has 0 aromatic carbocycles. The fraction of sp³-hybridized carbons (Fsp3) is 0.857. The molecule has 2 heterocycles. The summed E-state index contributed by atoms with van der Waals surface area (Å²) in [6.07, 6.45) is -0.0946. The van der Waals surface area contributed by atoms with Crippen LogP contribution in [0, 0.1) is 5.92 Å². The molecule has 0 radical (unpaired) electrons. The van der Waals surface area contributed by atoms with Crippen molar-refractivity contribution >= 4 is 6.16 Å². The summed E-state index contributed by atoms with van der Waals surface area (Å²) in [7, 11) is 0. The average Bonchev–Trinajstić information content (AvgIpc) is 2.45. The number of rotatable bonds is 1. The number of fused-ring (bicyclic) bond motifs is 2. The molecule has 2 aliphatic heterocycles. The summed E-state index contributed by atoms with van der Waals surface area (Å²) in [5.41, 5.74) is 0. The van der Waals surface area contributed by atoms with Gasteiger partial charge in [0.15, 0.2) is 0 Å². The Bertz CT molecular complexity index is 183. The first kappa shape index (κ1) is 6.91. The Kier molecular flexibility index (Phi) is 1.49. The molecule has 4 heteroatoms. The van der Waals surface area contributed by atoms with Crippen molar-refractivity contribution in [2.75, 3.05) is 19.6 Å². The van der Waals surface area contributed by atoms with E-state index in [2.05, 4.69) is 4.90 Å². The number of hydrogen-bond donors (Lipinski definition) is 1. The first-order valence-electron chi connectivity index (χ1n) is 3.87. The van der Waals surface area contributed by atoms with Gasteiger partial charge in [-0.1, -0.05) is 0 Å². The molecule has 0 saturated carbocycles. The minimum atomic E-state index is -1.14. The van der Waals surface area contributed by atoms with Crippen LogP contribution in [-0.4, -0.2) is 41.9 Å². The van der Waals surface area contributed by atoms with E-state index in [1.54, 1.807) is 0 Å². The highest BCUT2D eigenvalue weighted by molar-refractivity contribution is 5.57. The summed E-state index contributed by atoms with van der Waals surface area (Å²) >= 11 is 0. The van der Waals surface area contributed by atoms with Crippen molar-refractivity contribution in [1.82, 2.24) is 4.90 Å². The van der Waals surface area contributed by atoms with Crippen LogP contribution in [0.4, 0.5) is 4.79 Å². The first-order valence-corrected chi connectivity index (χ1v) is 3.87. The highest BCUT2D eigenvalue weighted by Crippen LogP contribution is 2.29. The molecule has 3 atom stereocenters. The highest BCUT2D eigenvalue weighted by Gasteiger charge is 2.40. The zero-order valence-electron chi connectivity index (χ0n) is 6.19. The number of ether oxygens (including phenoxy) is 1. The number of carbonyl (C=O) groups is 1. The van der Waals surface area contributed by atoms with Crippen LogP contribution in [0.2, 0.25) is 0 Å². The quantitative estimate of drug-likeness (QED) is 0.559.